The number of hydrogen-bond acceptors (Lipinski definition) is 9. The molecule has 8 N–H and O–H groups in total. The molecule has 1 rings (SSSR count). The lowest BCUT2D eigenvalue weighted by molar-refractivity contribution is -0.119. The number of Topliss-reactive ketones (excluding diaryl/α,β-unsaturated/α-hetero) is 1. The van der Waals surface area contributed by atoms with E-state index < -0.39 is 22.0 Å². The van der Waals surface area contributed by atoms with Crippen LogP contribution in [0.3, 0.4) is 0 Å². The fourth-order valence-corrected chi connectivity index (χ4v) is 4.40. The van der Waals surface area contributed by atoms with Crippen LogP contribution in [0.15, 0.2) is 0 Å². The van der Waals surface area contributed by atoms with Crippen LogP contribution in [0.4, 0.5) is 11.6 Å². The zero-order valence-electron chi connectivity index (χ0n) is 18.4. The third-order valence-electron chi connectivity index (χ3n) is 4.41. The van der Waals surface area contributed by atoms with Gasteiger partial charge < -0.3 is 16.8 Å². The summed E-state index contributed by atoms with van der Waals surface area (Å²) in [5, 5.41) is 12.6. The summed E-state index contributed by atoms with van der Waals surface area (Å²) in [4.78, 5) is 31.1. The van der Waals surface area contributed by atoms with E-state index in [1.54, 1.807) is 13.8 Å². The lowest BCUT2D eigenvalue weighted by Crippen LogP contribution is -2.44. The van der Waals surface area contributed by atoms with Gasteiger partial charge >= 0.3 is 0 Å². The Morgan fingerprint density at radius 3 is 2.31 bits per heavy atom. The molecule has 1 amide bonds. The number of sulfonamides is 1. The highest BCUT2D eigenvalue weighted by atomic mass is 35.5. The number of carbonyl (C=O) groups excluding carboxylic acids is 2. The summed E-state index contributed by atoms with van der Waals surface area (Å²) in [6.07, 6.45) is 2.48. The number of anilines is 2. The summed E-state index contributed by atoms with van der Waals surface area (Å²) >= 11 is 5.73. The lowest BCUT2D eigenvalue weighted by atomic mass is 10.0. The molecule has 0 unspecified atom stereocenters. The maximum Gasteiger partial charge on any atom is 0.280 e. The second-order valence-corrected chi connectivity index (χ2v) is 9.80. The van der Waals surface area contributed by atoms with Crippen molar-refractivity contribution in [2.45, 2.75) is 52.5 Å². The minimum Gasteiger partial charge on any atom is -0.382 e. The molecule has 0 aliphatic heterocycles. The van der Waals surface area contributed by atoms with Crippen LogP contribution >= 0.6 is 11.6 Å². The normalized spacial score (nSPS) is 12.4. The van der Waals surface area contributed by atoms with Crippen molar-refractivity contribution in [1.82, 2.24) is 25.3 Å². The van der Waals surface area contributed by atoms with E-state index in [1.807, 2.05) is 0 Å². The van der Waals surface area contributed by atoms with E-state index in [9.17, 15) is 18.0 Å². The first kappa shape index (κ1) is 27.5. The second-order valence-electron chi connectivity index (χ2n) is 7.57. The molecule has 1 atom stereocenters. The standard InChI is InChI=1S/C18H31ClN8O4S/c1-10(2)12(11(3)28)27-32(30,31)9-7-5-4-6-8-23-18(22)26-17(29)13-15(20)25-16(21)14(19)24-13/h10,12,27H,4-9H2,1-3H3,(H4,20,21,25)(H3,22,23,26,29)/t12-/m0/s1. The van der Waals surface area contributed by atoms with Crippen molar-refractivity contribution in [3.8, 4) is 0 Å². The van der Waals surface area contributed by atoms with Gasteiger partial charge in [0.1, 0.15) is 5.78 Å². The van der Waals surface area contributed by atoms with Crippen LogP contribution in [0.25, 0.3) is 0 Å². The van der Waals surface area contributed by atoms with Crippen LogP contribution in [0.1, 0.15) is 56.9 Å². The number of aromatic nitrogens is 2. The summed E-state index contributed by atoms with van der Waals surface area (Å²) < 4.78 is 26.7. The Bertz CT molecular complexity index is 939. The Labute approximate surface area is 192 Å². The number of nitrogens with two attached hydrogens (primary N) is 2. The van der Waals surface area contributed by atoms with Crippen LogP contribution in [-0.2, 0) is 14.8 Å². The maximum atomic E-state index is 12.1. The van der Waals surface area contributed by atoms with Crippen LogP contribution in [0.5, 0.6) is 0 Å². The van der Waals surface area contributed by atoms with Gasteiger partial charge in [-0.3, -0.25) is 20.3 Å². The molecule has 0 fully saturated rings. The SMILES string of the molecule is CC(=O)[C@@H](NS(=O)(=O)CCCCCCNC(=N)NC(=O)c1nc(Cl)c(N)nc1N)C(C)C. The smallest absolute Gasteiger partial charge is 0.280 e. The molecular formula is C18H31ClN8O4S. The number of nitrogens with one attached hydrogen (secondary N) is 4. The Hall–Kier alpha value is -2.51. The van der Waals surface area contributed by atoms with Crippen molar-refractivity contribution >= 4 is 50.9 Å². The molecule has 12 nitrogen and oxygen atoms in total. The zero-order chi connectivity index (χ0) is 24.5. The van der Waals surface area contributed by atoms with Gasteiger partial charge in [-0.25, -0.2) is 23.1 Å². The molecule has 1 aromatic rings. The van der Waals surface area contributed by atoms with Crippen LogP contribution in [0.2, 0.25) is 5.15 Å². The van der Waals surface area contributed by atoms with E-state index in [1.165, 1.54) is 6.92 Å². The number of nitrogens with zero attached hydrogens (tertiary/aromatic N) is 2. The topological polar surface area (TPSA) is 206 Å². The predicted molar refractivity (Wildman–Crippen MR) is 124 cm³/mol. The molecule has 0 bridgehead atoms. The molecule has 0 saturated carbocycles. The summed E-state index contributed by atoms with van der Waals surface area (Å²) in [6, 6.07) is -0.712. The second kappa shape index (κ2) is 12.5. The first-order valence-corrected chi connectivity index (χ1v) is 12.1. The molecule has 1 aromatic heterocycles. The van der Waals surface area contributed by atoms with Gasteiger partial charge in [0.25, 0.3) is 5.91 Å². The summed E-state index contributed by atoms with van der Waals surface area (Å²) in [5.74, 6) is -1.70. The number of halogens is 1. The number of amides is 1. The molecule has 32 heavy (non-hydrogen) atoms. The molecule has 0 aromatic carbocycles. The molecule has 0 radical (unpaired) electrons. The van der Waals surface area contributed by atoms with Crippen molar-refractivity contribution in [1.29, 1.82) is 5.41 Å². The van der Waals surface area contributed by atoms with Gasteiger partial charge in [-0.2, -0.15) is 0 Å². The van der Waals surface area contributed by atoms with E-state index in [0.717, 1.165) is 6.42 Å². The number of carbonyl (C=O) groups is 2. The fraction of sp³-hybridized carbons (Fsp3) is 0.611. The Morgan fingerprint density at radius 1 is 1.09 bits per heavy atom. The maximum absolute atomic E-state index is 12.1. The molecule has 14 heteroatoms. The summed E-state index contributed by atoms with van der Waals surface area (Å²) in [5.41, 5.74) is 10.8. The Balaban J connectivity index is 2.29. The number of ketones is 1. The Kier molecular flexibility index (Phi) is 10.8. The highest BCUT2D eigenvalue weighted by Gasteiger charge is 2.24. The van der Waals surface area contributed by atoms with Gasteiger partial charge in [0.2, 0.25) is 10.0 Å². The molecular weight excluding hydrogens is 460 g/mol. The van der Waals surface area contributed by atoms with Crippen molar-refractivity contribution in [2.75, 3.05) is 23.8 Å². The van der Waals surface area contributed by atoms with Gasteiger partial charge in [0.15, 0.2) is 28.4 Å². The Morgan fingerprint density at radius 2 is 1.72 bits per heavy atom. The molecule has 0 aliphatic rings. The van der Waals surface area contributed by atoms with E-state index in [0.29, 0.717) is 25.8 Å². The predicted octanol–water partition coefficient (Wildman–Crippen LogP) is 0.642. The van der Waals surface area contributed by atoms with E-state index in [2.05, 4.69) is 25.3 Å². The first-order chi connectivity index (χ1) is 14.8. The zero-order valence-corrected chi connectivity index (χ0v) is 19.9. The van der Waals surface area contributed by atoms with Gasteiger partial charge in [0.05, 0.1) is 11.8 Å². The lowest BCUT2D eigenvalue weighted by Gasteiger charge is -2.19. The summed E-state index contributed by atoms with van der Waals surface area (Å²) in [7, 11) is -3.53. The minimum absolute atomic E-state index is 0.0601. The third kappa shape index (κ3) is 9.32. The van der Waals surface area contributed by atoms with Crippen LogP contribution < -0.4 is 26.8 Å². The number of nitrogen functional groups attached to an aromatic ring is 2. The minimum atomic E-state index is -3.53. The summed E-state index contributed by atoms with van der Waals surface area (Å²) in [6.45, 7) is 5.34. The average molecular weight is 491 g/mol. The number of hydrogen-bond donors (Lipinski definition) is 6. The highest BCUT2D eigenvalue weighted by Crippen LogP contribution is 2.17. The quantitative estimate of drug-likeness (QED) is 0.138. The molecule has 180 valence electrons. The van der Waals surface area contributed by atoms with Crippen molar-refractivity contribution in [3.05, 3.63) is 10.8 Å². The van der Waals surface area contributed by atoms with Gasteiger partial charge in [-0.05, 0) is 25.7 Å². The van der Waals surface area contributed by atoms with E-state index in [-0.39, 0.29) is 45.9 Å². The van der Waals surface area contributed by atoms with Crippen molar-refractivity contribution in [2.24, 2.45) is 5.92 Å². The van der Waals surface area contributed by atoms with Gasteiger partial charge in [-0.15, -0.1) is 0 Å². The van der Waals surface area contributed by atoms with Gasteiger partial charge in [0, 0.05) is 6.54 Å². The number of rotatable bonds is 12. The monoisotopic (exact) mass is 490 g/mol. The van der Waals surface area contributed by atoms with Crippen LogP contribution in [0, 0.1) is 11.3 Å². The van der Waals surface area contributed by atoms with E-state index >= 15 is 0 Å². The first-order valence-electron chi connectivity index (χ1n) is 10.1. The molecule has 0 aliphatic carbocycles. The fourth-order valence-electron chi connectivity index (χ4n) is 2.75. The van der Waals surface area contributed by atoms with Gasteiger partial charge in [-0.1, -0.05) is 38.3 Å². The third-order valence-corrected chi connectivity index (χ3v) is 6.13. The number of unbranched alkanes of at least 4 members (excludes halogenated alkanes) is 3. The average Bonchev–Trinajstić information content (AvgIpc) is 2.67. The molecule has 0 saturated heterocycles. The molecule has 1 heterocycles. The largest absolute Gasteiger partial charge is 0.382 e. The van der Waals surface area contributed by atoms with E-state index in [4.69, 9.17) is 28.5 Å². The molecule has 0 spiro atoms. The highest BCUT2D eigenvalue weighted by molar-refractivity contribution is 7.89. The van der Waals surface area contributed by atoms with Crippen molar-refractivity contribution < 1.29 is 18.0 Å². The van der Waals surface area contributed by atoms with Crippen molar-refractivity contribution in [3.63, 3.8) is 0 Å². The number of guanidine groups is 1. The van der Waals surface area contributed by atoms with Crippen LogP contribution in [-0.4, -0.2) is 54.4 Å².